The number of rotatable bonds is 4. The Morgan fingerprint density at radius 1 is 0.905 bits per heavy atom. The van der Waals surface area contributed by atoms with Gasteiger partial charge in [0, 0.05) is 47.5 Å². The van der Waals surface area contributed by atoms with Crippen LogP contribution in [0.4, 0.5) is 5.95 Å². The molecular formula is C15H12ClN5. The fraction of sp³-hybridized carbons (Fsp3) is 0.0667. The lowest BCUT2D eigenvalue weighted by Crippen LogP contribution is -2.04. The van der Waals surface area contributed by atoms with E-state index in [2.05, 4.69) is 25.3 Å². The highest BCUT2D eigenvalue weighted by atomic mass is 35.5. The molecule has 5 nitrogen and oxygen atoms in total. The van der Waals surface area contributed by atoms with Gasteiger partial charge in [-0.25, -0.2) is 19.9 Å². The van der Waals surface area contributed by atoms with Crippen LogP contribution in [0.2, 0.25) is 5.02 Å². The molecule has 0 aliphatic heterocycles. The zero-order chi connectivity index (χ0) is 14.5. The van der Waals surface area contributed by atoms with Crippen molar-refractivity contribution < 1.29 is 0 Å². The van der Waals surface area contributed by atoms with Crippen LogP contribution in [-0.2, 0) is 6.54 Å². The van der Waals surface area contributed by atoms with E-state index in [9.17, 15) is 0 Å². The molecule has 0 fully saturated rings. The maximum absolute atomic E-state index is 5.86. The van der Waals surface area contributed by atoms with Crippen molar-refractivity contribution in [3.05, 3.63) is 65.7 Å². The van der Waals surface area contributed by atoms with Crippen LogP contribution < -0.4 is 5.32 Å². The van der Waals surface area contributed by atoms with Crippen LogP contribution in [0.3, 0.4) is 0 Å². The van der Waals surface area contributed by atoms with E-state index < -0.39 is 0 Å². The van der Waals surface area contributed by atoms with Crippen LogP contribution in [0.5, 0.6) is 0 Å². The van der Waals surface area contributed by atoms with E-state index in [1.807, 2.05) is 24.3 Å². The largest absolute Gasteiger partial charge is 0.350 e. The highest BCUT2D eigenvalue weighted by Gasteiger charge is 2.02. The zero-order valence-electron chi connectivity index (χ0n) is 11.1. The van der Waals surface area contributed by atoms with E-state index in [4.69, 9.17) is 11.6 Å². The van der Waals surface area contributed by atoms with Gasteiger partial charge in [0.2, 0.25) is 5.95 Å². The van der Waals surface area contributed by atoms with Crippen molar-refractivity contribution in [2.45, 2.75) is 6.54 Å². The van der Waals surface area contributed by atoms with Gasteiger partial charge in [-0.05, 0) is 30.3 Å². The Morgan fingerprint density at radius 2 is 1.57 bits per heavy atom. The third-order valence-electron chi connectivity index (χ3n) is 2.82. The lowest BCUT2D eigenvalue weighted by atomic mass is 10.2. The Hall–Kier alpha value is -2.53. The average molecular weight is 298 g/mol. The summed E-state index contributed by atoms with van der Waals surface area (Å²) in [5, 5.41) is 3.80. The van der Waals surface area contributed by atoms with E-state index in [0.29, 0.717) is 23.3 Å². The first kappa shape index (κ1) is 13.5. The maximum atomic E-state index is 5.86. The third-order valence-corrected chi connectivity index (χ3v) is 3.08. The Bertz CT molecular complexity index is 698. The molecule has 0 aliphatic rings. The minimum absolute atomic E-state index is 0.574. The predicted molar refractivity (Wildman–Crippen MR) is 81.8 cm³/mol. The van der Waals surface area contributed by atoms with Crippen molar-refractivity contribution in [1.82, 2.24) is 19.9 Å². The summed E-state index contributed by atoms with van der Waals surface area (Å²) < 4.78 is 0. The molecule has 3 aromatic rings. The van der Waals surface area contributed by atoms with Crippen molar-refractivity contribution >= 4 is 17.5 Å². The summed E-state index contributed by atoms with van der Waals surface area (Å²) >= 11 is 5.86. The first-order chi connectivity index (χ1) is 10.3. The average Bonchev–Trinajstić information content (AvgIpc) is 2.55. The van der Waals surface area contributed by atoms with Crippen LogP contribution in [0.25, 0.3) is 11.4 Å². The summed E-state index contributed by atoms with van der Waals surface area (Å²) in [4.78, 5) is 16.9. The molecule has 0 saturated heterocycles. The van der Waals surface area contributed by atoms with Crippen molar-refractivity contribution in [2.75, 3.05) is 5.32 Å². The second kappa shape index (κ2) is 6.28. The van der Waals surface area contributed by atoms with Gasteiger partial charge in [-0.2, -0.15) is 0 Å². The van der Waals surface area contributed by atoms with Crippen molar-refractivity contribution in [3.8, 4) is 11.4 Å². The first-order valence-electron chi connectivity index (χ1n) is 6.39. The Kier molecular flexibility index (Phi) is 4.02. The number of aromatic nitrogens is 4. The molecule has 0 spiro atoms. The molecule has 0 saturated carbocycles. The Morgan fingerprint density at radius 3 is 2.24 bits per heavy atom. The summed E-state index contributed by atoms with van der Waals surface area (Å²) in [6.45, 7) is 0.574. The van der Waals surface area contributed by atoms with Crippen LogP contribution in [0, 0.1) is 0 Å². The highest BCUT2D eigenvalue weighted by Crippen LogP contribution is 2.17. The number of halogens is 1. The standard InChI is InChI=1S/C15H12ClN5/c16-13-4-2-12(3-5-13)14-19-8-11(9-20-14)10-21-15-17-6-1-7-18-15/h1-9H,10H2,(H,17,18,21). The number of hydrogen-bond donors (Lipinski definition) is 1. The Labute approximate surface area is 127 Å². The molecule has 0 unspecified atom stereocenters. The van der Waals surface area contributed by atoms with Crippen LogP contribution in [-0.4, -0.2) is 19.9 Å². The second-order valence-electron chi connectivity index (χ2n) is 4.35. The molecule has 0 radical (unpaired) electrons. The minimum Gasteiger partial charge on any atom is -0.350 e. The van der Waals surface area contributed by atoms with Gasteiger partial charge in [0.1, 0.15) is 0 Å². The number of anilines is 1. The molecule has 104 valence electrons. The van der Waals surface area contributed by atoms with Crippen molar-refractivity contribution in [1.29, 1.82) is 0 Å². The minimum atomic E-state index is 0.574. The molecule has 0 atom stereocenters. The van der Waals surface area contributed by atoms with E-state index >= 15 is 0 Å². The fourth-order valence-corrected chi connectivity index (χ4v) is 1.89. The monoisotopic (exact) mass is 297 g/mol. The van der Waals surface area contributed by atoms with Gasteiger partial charge in [0.05, 0.1) is 0 Å². The second-order valence-corrected chi connectivity index (χ2v) is 4.78. The quantitative estimate of drug-likeness (QED) is 0.801. The molecule has 3 rings (SSSR count). The van der Waals surface area contributed by atoms with Crippen LogP contribution >= 0.6 is 11.6 Å². The molecule has 0 amide bonds. The topological polar surface area (TPSA) is 63.6 Å². The SMILES string of the molecule is Clc1ccc(-c2ncc(CNc3ncccn3)cn2)cc1. The van der Waals surface area contributed by atoms with Gasteiger partial charge in [-0.1, -0.05) is 11.6 Å². The molecule has 2 heterocycles. The zero-order valence-corrected chi connectivity index (χ0v) is 11.8. The van der Waals surface area contributed by atoms with Crippen molar-refractivity contribution in [2.24, 2.45) is 0 Å². The molecule has 2 aromatic heterocycles. The van der Waals surface area contributed by atoms with Crippen LogP contribution in [0.15, 0.2) is 55.1 Å². The van der Waals surface area contributed by atoms with Gasteiger partial charge in [0.25, 0.3) is 0 Å². The van der Waals surface area contributed by atoms with Crippen LogP contribution in [0.1, 0.15) is 5.56 Å². The normalized spacial score (nSPS) is 10.3. The summed E-state index contributed by atoms with van der Waals surface area (Å²) in [6, 6.07) is 9.21. The lowest BCUT2D eigenvalue weighted by Gasteiger charge is -2.05. The number of hydrogen-bond acceptors (Lipinski definition) is 5. The Balaban J connectivity index is 1.68. The van der Waals surface area contributed by atoms with E-state index in [1.165, 1.54) is 0 Å². The summed E-state index contributed by atoms with van der Waals surface area (Å²) in [5.41, 5.74) is 1.89. The first-order valence-corrected chi connectivity index (χ1v) is 6.77. The predicted octanol–water partition coefficient (Wildman–Crippen LogP) is 3.20. The number of nitrogens with zero attached hydrogens (tertiary/aromatic N) is 4. The number of benzene rings is 1. The van der Waals surface area contributed by atoms with E-state index in [-0.39, 0.29) is 0 Å². The van der Waals surface area contributed by atoms with Gasteiger partial charge in [-0.3, -0.25) is 0 Å². The molecule has 1 N–H and O–H groups in total. The summed E-state index contributed by atoms with van der Waals surface area (Å²) in [6.07, 6.45) is 6.95. The van der Waals surface area contributed by atoms with Gasteiger partial charge < -0.3 is 5.32 Å². The molecule has 21 heavy (non-hydrogen) atoms. The molecular weight excluding hydrogens is 286 g/mol. The summed E-state index contributed by atoms with van der Waals surface area (Å²) in [7, 11) is 0. The van der Waals surface area contributed by atoms with E-state index in [1.54, 1.807) is 30.9 Å². The third kappa shape index (κ3) is 3.52. The highest BCUT2D eigenvalue weighted by molar-refractivity contribution is 6.30. The molecule has 0 aliphatic carbocycles. The number of nitrogens with one attached hydrogen (secondary N) is 1. The van der Waals surface area contributed by atoms with Crippen molar-refractivity contribution in [3.63, 3.8) is 0 Å². The maximum Gasteiger partial charge on any atom is 0.222 e. The van der Waals surface area contributed by atoms with E-state index in [0.717, 1.165) is 11.1 Å². The molecule has 6 heteroatoms. The molecule has 0 bridgehead atoms. The van der Waals surface area contributed by atoms with Gasteiger partial charge in [-0.15, -0.1) is 0 Å². The fourth-order valence-electron chi connectivity index (χ4n) is 1.77. The van der Waals surface area contributed by atoms with Gasteiger partial charge in [0.15, 0.2) is 5.82 Å². The summed E-state index contributed by atoms with van der Waals surface area (Å²) in [5.74, 6) is 1.26. The van der Waals surface area contributed by atoms with Gasteiger partial charge >= 0.3 is 0 Å². The smallest absolute Gasteiger partial charge is 0.222 e. The molecule has 1 aromatic carbocycles. The lowest BCUT2D eigenvalue weighted by molar-refractivity contribution is 1.02.